The molecular formula is C11H16ClFN4O. The molecule has 2 N–H and O–H groups in total. The van der Waals surface area contributed by atoms with Gasteiger partial charge in [-0.3, -0.25) is 4.79 Å². The summed E-state index contributed by atoms with van der Waals surface area (Å²) >= 11 is 5.55. The topological polar surface area (TPSA) is 66.9 Å². The van der Waals surface area contributed by atoms with E-state index in [9.17, 15) is 9.18 Å². The van der Waals surface area contributed by atoms with Crippen molar-refractivity contribution >= 4 is 23.3 Å². The van der Waals surface area contributed by atoms with Gasteiger partial charge in [0.05, 0.1) is 6.20 Å². The van der Waals surface area contributed by atoms with Crippen molar-refractivity contribution in [1.82, 2.24) is 15.3 Å². The molecule has 100 valence electrons. The zero-order valence-corrected chi connectivity index (χ0v) is 11.3. The van der Waals surface area contributed by atoms with Crippen LogP contribution in [-0.4, -0.2) is 28.5 Å². The van der Waals surface area contributed by atoms with Crippen molar-refractivity contribution in [3.63, 3.8) is 0 Å². The molecule has 7 heteroatoms. The van der Waals surface area contributed by atoms with E-state index in [1.807, 2.05) is 13.8 Å². The van der Waals surface area contributed by atoms with Crippen molar-refractivity contribution in [1.29, 1.82) is 0 Å². The van der Waals surface area contributed by atoms with E-state index >= 15 is 0 Å². The van der Waals surface area contributed by atoms with Crippen LogP contribution >= 0.6 is 11.6 Å². The summed E-state index contributed by atoms with van der Waals surface area (Å²) in [5.41, 5.74) is 0. The van der Waals surface area contributed by atoms with Crippen LogP contribution in [0.15, 0.2) is 6.20 Å². The molecule has 0 aromatic carbocycles. The molecule has 0 aliphatic carbocycles. The molecule has 0 aliphatic heterocycles. The van der Waals surface area contributed by atoms with Crippen LogP contribution in [0.25, 0.3) is 0 Å². The van der Waals surface area contributed by atoms with Crippen LogP contribution in [0.1, 0.15) is 20.8 Å². The van der Waals surface area contributed by atoms with Crippen LogP contribution < -0.4 is 10.6 Å². The number of halogens is 2. The molecule has 1 aromatic rings. The first kappa shape index (κ1) is 14.6. The summed E-state index contributed by atoms with van der Waals surface area (Å²) in [6.45, 7) is 6.16. The number of carbonyl (C=O) groups is 1. The maximum absolute atomic E-state index is 13.3. The van der Waals surface area contributed by atoms with Crippen LogP contribution in [0.4, 0.5) is 10.2 Å². The molecule has 0 radical (unpaired) electrons. The fraction of sp³-hybridized carbons (Fsp3) is 0.545. The Kier molecular flexibility index (Phi) is 5.27. The van der Waals surface area contributed by atoms with Crippen molar-refractivity contribution in [2.45, 2.75) is 26.8 Å². The predicted molar refractivity (Wildman–Crippen MR) is 67.9 cm³/mol. The molecule has 0 saturated carbocycles. The smallest absolute Gasteiger partial charge is 0.242 e. The van der Waals surface area contributed by atoms with Crippen LogP contribution in [0.5, 0.6) is 0 Å². The van der Waals surface area contributed by atoms with Crippen LogP contribution in [0.2, 0.25) is 5.28 Å². The van der Waals surface area contributed by atoms with Gasteiger partial charge in [-0.15, -0.1) is 0 Å². The summed E-state index contributed by atoms with van der Waals surface area (Å²) in [5.74, 6) is -0.602. The minimum atomic E-state index is -0.650. The quantitative estimate of drug-likeness (QED) is 0.804. The van der Waals surface area contributed by atoms with E-state index < -0.39 is 11.9 Å². The molecule has 0 saturated heterocycles. The Morgan fingerprint density at radius 3 is 2.78 bits per heavy atom. The summed E-state index contributed by atoms with van der Waals surface area (Å²) in [6.07, 6.45) is 0.955. The molecule has 1 unspecified atom stereocenters. The van der Waals surface area contributed by atoms with Gasteiger partial charge in [-0.25, -0.2) is 9.37 Å². The maximum Gasteiger partial charge on any atom is 0.242 e. The molecule has 18 heavy (non-hydrogen) atoms. The number of anilines is 1. The van der Waals surface area contributed by atoms with Gasteiger partial charge in [0.25, 0.3) is 0 Å². The molecule has 0 spiro atoms. The highest BCUT2D eigenvalue weighted by atomic mass is 35.5. The van der Waals surface area contributed by atoms with Gasteiger partial charge >= 0.3 is 0 Å². The van der Waals surface area contributed by atoms with Gasteiger partial charge in [0.15, 0.2) is 11.6 Å². The van der Waals surface area contributed by atoms with Crippen LogP contribution in [0.3, 0.4) is 0 Å². The van der Waals surface area contributed by atoms with E-state index in [-0.39, 0.29) is 17.0 Å². The van der Waals surface area contributed by atoms with Crippen LogP contribution in [0, 0.1) is 11.7 Å². The van der Waals surface area contributed by atoms with E-state index in [4.69, 9.17) is 11.6 Å². The third kappa shape index (κ3) is 4.44. The largest absolute Gasteiger partial charge is 0.356 e. The molecule has 0 bridgehead atoms. The van der Waals surface area contributed by atoms with Crippen molar-refractivity contribution in [2.24, 2.45) is 5.92 Å². The normalized spacial score (nSPS) is 12.3. The first-order valence-corrected chi connectivity index (χ1v) is 6.00. The van der Waals surface area contributed by atoms with Crippen molar-refractivity contribution in [3.05, 3.63) is 17.3 Å². The van der Waals surface area contributed by atoms with E-state index in [2.05, 4.69) is 20.6 Å². The minimum absolute atomic E-state index is 0.0753. The van der Waals surface area contributed by atoms with E-state index in [0.29, 0.717) is 12.5 Å². The standard InChI is InChI=1S/C11H16ClFN4O/c1-6(2)4-14-10(18)7(3)16-9-8(13)5-15-11(12)17-9/h5-7H,4H2,1-3H3,(H,14,18)(H,15,16,17). The van der Waals surface area contributed by atoms with E-state index in [0.717, 1.165) is 6.20 Å². The average molecular weight is 275 g/mol. The van der Waals surface area contributed by atoms with Crippen molar-refractivity contribution < 1.29 is 9.18 Å². The van der Waals surface area contributed by atoms with Crippen molar-refractivity contribution in [3.8, 4) is 0 Å². The number of aromatic nitrogens is 2. The second-order valence-electron chi connectivity index (χ2n) is 4.34. The highest BCUT2D eigenvalue weighted by Gasteiger charge is 2.15. The molecular weight excluding hydrogens is 259 g/mol. The first-order valence-electron chi connectivity index (χ1n) is 5.62. The molecule has 1 heterocycles. The lowest BCUT2D eigenvalue weighted by atomic mass is 10.2. The van der Waals surface area contributed by atoms with Gasteiger partial charge in [0.2, 0.25) is 11.2 Å². The molecule has 1 rings (SSSR count). The fourth-order valence-electron chi connectivity index (χ4n) is 1.18. The average Bonchev–Trinajstić information content (AvgIpc) is 2.30. The van der Waals surface area contributed by atoms with Crippen LogP contribution in [-0.2, 0) is 4.79 Å². The minimum Gasteiger partial charge on any atom is -0.356 e. The fourth-order valence-corrected chi connectivity index (χ4v) is 1.31. The number of nitrogens with one attached hydrogen (secondary N) is 2. The molecule has 1 atom stereocenters. The summed E-state index contributed by atoms with van der Waals surface area (Å²) in [4.78, 5) is 18.8. The lowest BCUT2D eigenvalue weighted by Crippen LogP contribution is -2.39. The number of nitrogens with zero attached hydrogens (tertiary/aromatic N) is 2. The Labute approximate surface area is 110 Å². The Morgan fingerprint density at radius 2 is 2.17 bits per heavy atom. The Balaban J connectivity index is 2.60. The molecule has 1 amide bonds. The lowest BCUT2D eigenvalue weighted by Gasteiger charge is -2.15. The first-order chi connectivity index (χ1) is 8.40. The maximum atomic E-state index is 13.3. The molecule has 0 aliphatic rings. The number of hydrogen-bond donors (Lipinski definition) is 2. The van der Waals surface area contributed by atoms with E-state index in [1.165, 1.54) is 0 Å². The zero-order chi connectivity index (χ0) is 13.7. The third-order valence-corrected chi connectivity index (χ3v) is 2.33. The Bertz CT molecular complexity index is 428. The number of hydrogen-bond acceptors (Lipinski definition) is 4. The van der Waals surface area contributed by atoms with Gasteiger partial charge in [-0.1, -0.05) is 13.8 Å². The van der Waals surface area contributed by atoms with Gasteiger partial charge in [-0.05, 0) is 24.4 Å². The van der Waals surface area contributed by atoms with Gasteiger partial charge in [-0.2, -0.15) is 4.98 Å². The summed E-state index contributed by atoms with van der Waals surface area (Å²) in [5, 5.41) is 5.31. The number of carbonyl (C=O) groups excluding carboxylic acids is 1. The monoisotopic (exact) mass is 274 g/mol. The lowest BCUT2D eigenvalue weighted by molar-refractivity contribution is -0.121. The number of amides is 1. The van der Waals surface area contributed by atoms with E-state index in [1.54, 1.807) is 6.92 Å². The SMILES string of the molecule is CC(C)CNC(=O)C(C)Nc1nc(Cl)ncc1F. The zero-order valence-electron chi connectivity index (χ0n) is 10.5. The number of rotatable bonds is 5. The third-order valence-electron chi connectivity index (χ3n) is 2.15. The highest BCUT2D eigenvalue weighted by molar-refractivity contribution is 6.28. The second kappa shape index (κ2) is 6.49. The second-order valence-corrected chi connectivity index (χ2v) is 4.68. The molecule has 0 fully saturated rings. The van der Waals surface area contributed by atoms with Gasteiger partial charge in [0, 0.05) is 6.54 Å². The Hall–Kier alpha value is -1.43. The predicted octanol–water partition coefficient (Wildman–Crippen LogP) is 1.84. The summed E-state index contributed by atoms with van der Waals surface area (Å²) in [7, 11) is 0. The Morgan fingerprint density at radius 1 is 1.50 bits per heavy atom. The van der Waals surface area contributed by atoms with Gasteiger partial charge < -0.3 is 10.6 Å². The summed E-state index contributed by atoms with van der Waals surface area (Å²) in [6, 6.07) is -0.607. The van der Waals surface area contributed by atoms with Gasteiger partial charge in [0.1, 0.15) is 6.04 Å². The van der Waals surface area contributed by atoms with Crippen molar-refractivity contribution in [2.75, 3.05) is 11.9 Å². The summed E-state index contributed by atoms with van der Waals surface area (Å²) < 4.78 is 13.3. The molecule has 1 aromatic heterocycles. The molecule has 5 nitrogen and oxygen atoms in total. The highest BCUT2D eigenvalue weighted by Crippen LogP contribution is 2.12.